The summed E-state index contributed by atoms with van der Waals surface area (Å²) in [5, 5.41) is 6.08. The van der Waals surface area contributed by atoms with Gasteiger partial charge < -0.3 is 10.6 Å². The van der Waals surface area contributed by atoms with Crippen LogP contribution in [0.3, 0.4) is 0 Å². The highest BCUT2D eigenvalue weighted by atomic mass is 32.2. The van der Waals surface area contributed by atoms with Gasteiger partial charge in [-0.25, -0.2) is 8.42 Å². The number of alkyl halides is 3. The molecule has 9 heteroatoms. The predicted octanol–water partition coefficient (Wildman–Crippen LogP) is 3.02. The van der Waals surface area contributed by atoms with E-state index in [1.54, 1.807) is 20.8 Å². The number of nitrogens with one attached hydrogen (secondary N) is 2. The maximum absolute atomic E-state index is 12.6. The van der Waals surface area contributed by atoms with E-state index in [-0.39, 0.29) is 12.3 Å². The Morgan fingerprint density at radius 2 is 1.67 bits per heavy atom. The Morgan fingerprint density at radius 1 is 1.07 bits per heavy atom. The molecular formula is C18H28F3N3O2S. The summed E-state index contributed by atoms with van der Waals surface area (Å²) in [7, 11) is -3.24. The summed E-state index contributed by atoms with van der Waals surface area (Å²) in [6.45, 7) is 8.05. The number of hydrogen-bond acceptors (Lipinski definition) is 3. The lowest BCUT2D eigenvalue weighted by molar-refractivity contribution is -0.137. The Labute approximate surface area is 159 Å². The van der Waals surface area contributed by atoms with E-state index >= 15 is 0 Å². The second-order valence-electron chi connectivity index (χ2n) is 7.06. The van der Waals surface area contributed by atoms with Gasteiger partial charge in [-0.2, -0.15) is 13.2 Å². The van der Waals surface area contributed by atoms with Crippen LogP contribution in [0.15, 0.2) is 29.3 Å². The van der Waals surface area contributed by atoms with E-state index in [1.807, 2.05) is 6.92 Å². The number of guanidine groups is 1. The molecule has 0 unspecified atom stereocenters. The lowest BCUT2D eigenvalue weighted by Crippen LogP contribution is -2.39. The average Bonchev–Trinajstić information content (AvgIpc) is 2.53. The molecule has 0 heterocycles. The van der Waals surface area contributed by atoms with Crippen molar-refractivity contribution in [2.24, 2.45) is 4.99 Å². The van der Waals surface area contributed by atoms with Gasteiger partial charge in [-0.05, 0) is 51.8 Å². The monoisotopic (exact) mass is 407 g/mol. The second-order valence-corrected chi connectivity index (χ2v) is 9.93. The zero-order valence-electron chi connectivity index (χ0n) is 16.2. The van der Waals surface area contributed by atoms with Crippen molar-refractivity contribution in [3.05, 3.63) is 35.4 Å². The zero-order valence-corrected chi connectivity index (χ0v) is 17.0. The van der Waals surface area contributed by atoms with Crippen molar-refractivity contribution in [2.75, 3.05) is 25.4 Å². The molecule has 0 saturated carbocycles. The van der Waals surface area contributed by atoms with Crippen LogP contribution >= 0.6 is 0 Å². The average molecular weight is 408 g/mol. The lowest BCUT2D eigenvalue weighted by Gasteiger charge is -2.18. The third-order valence-corrected chi connectivity index (χ3v) is 6.48. The van der Waals surface area contributed by atoms with Gasteiger partial charge in [0.2, 0.25) is 0 Å². The van der Waals surface area contributed by atoms with Gasteiger partial charge in [0, 0.05) is 13.1 Å². The van der Waals surface area contributed by atoms with Crippen LogP contribution in [-0.4, -0.2) is 44.5 Å². The van der Waals surface area contributed by atoms with Gasteiger partial charge in [0.15, 0.2) is 15.8 Å². The SMILES string of the molecule is CCNC(=NCCS(=O)(=O)C(C)(C)C)NCCc1ccc(C(F)(F)F)cc1. The van der Waals surface area contributed by atoms with Crippen LogP contribution in [0, 0.1) is 0 Å². The second kappa shape index (κ2) is 9.43. The van der Waals surface area contributed by atoms with E-state index < -0.39 is 26.3 Å². The minimum Gasteiger partial charge on any atom is -0.357 e. The van der Waals surface area contributed by atoms with E-state index in [0.717, 1.165) is 17.7 Å². The zero-order chi connectivity index (χ0) is 20.7. The number of nitrogens with zero attached hydrogens (tertiary/aromatic N) is 1. The first-order chi connectivity index (χ1) is 12.4. The van der Waals surface area contributed by atoms with Gasteiger partial charge >= 0.3 is 6.18 Å². The first-order valence-electron chi connectivity index (χ1n) is 8.77. The number of sulfone groups is 1. The standard InChI is InChI=1S/C18H28F3N3O2S/c1-5-22-16(24-12-13-27(25,26)17(2,3)4)23-11-10-14-6-8-15(9-7-14)18(19,20)21/h6-9H,5,10-13H2,1-4H3,(H2,22,23,24). The van der Waals surface area contributed by atoms with E-state index in [1.165, 1.54) is 12.1 Å². The minimum absolute atomic E-state index is 0.0496. The smallest absolute Gasteiger partial charge is 0.357 e. The Hall–Kier alpha value is -1.77. The van der Waals surface area contributed by atoms with Crippen LogP contribution in [0.2, 0.25) is 0 Å². The van der Waals surface area contributed by atoms with E-state index in [9.17, 15) is 21.6 Å². The molecule has 27 heavy (non-hydrogen) atoms. The maximum Gasteiger partial charge on any atom is 0.416 e. The first kappa shape index (κ1) is 23.3. The molecule has 5 nitrogen and oxygen atoms in total. The molecule has 1 rings (SSSR count). The third kappa shape index (κ3) is 7.78. The van der Waals surface area contributed by atoms with Crippen molar-refractivity contribution in [1.29, 1.82) is 0 Å². The van der Waals surface area contributed by atoms with Gasteiger partial charge in [0.25, 0.3) is 0 Å². The summed E-state index contributed by atoms with van der Waals surface area (Å²) in [5.41, 5.74) is 0.0934. The molecule has 2 N–H and O–H groups in total. The quantitative estimate of drug-likeness (QED) is 0.539. The fraction of sp³-hybridized carbons (Fsp3) is 0.611. The summed E-state index contributed by atoms with van der Waals surface area (Å²) >= 11 is 0. The highest BCUT2D eigenvalue weighted by Crippen LogP contribution is 2.29. The topological polar surface area (TPSA) is 70.6 Å². The molecule has 0 bridgehead atoms. The molecule has 0 fully saturated rings. The number of benzene rings is 1. The van der Waals surface area contributed by atoms with Crippen LogP contribution in [0.5, 0.6) is 0 Å². The van der Waals surface area contributed by atoms with Gasteiger partial charge in [-0.1, -0.05) is 12.1 Å². The van der Waals surface area contributed by atoms with E-state index in [2.05, 4.69) is 15.6 Å². The van der Waals surface area contributed by atoms with Crippen molar-refractivity contribution >= 4 is 15.8 Å². The van der Waals surface area contributed by atoms with Crippen molar-refractivity contribution in [3.8, 4) is 0 Å². The first-order valence-corrected chi connectivity index (χ1v) is 10.4. The van der Waals surface area contributed by atoms with E-state index in [4.69, 9.17) is 0 Å². The molecule has 1 aromatic carbocycles. The van der Waals surface area contributed by atoms with Crippen LogP contribution in [0.25, 0.3) is 0 Å². The molecule has 0 atom stereocenters. The number of halogens is 3. The Bertz CT molecular complexity index is 722. The fourth-order valence-electron chi connectivity index (χ4n) is 2.11. The van der Waals surface area contributed by atoms with Gasteiger partial charge in [0.05, 0.1) is 22.6 Å². The van der Waals surface area contributed by atoms with E-state index in [0.29, 0.717) is 25.5 Å². The highest BCUT2D eigenvalue weighted by molar-refractivity contribution is 7.92. The highest BCUT2D eigenvalue weighted by Gasteiger charge is 2.30. The molecule has 0 aliphatic rings. The maximum atomic E-state index is 12.6. The molecule has 0 aliphatic carbocycles. The molecule has 1 aromatic rings. The normalized spacial score (nSPS) is 13.5. The summed E-state index contributed by atoms with van der Waals surface area (Å²) in [4.78, 5) is 4.26. The molecule has 0 aliphatic heterocycles. The molecule has 0 aromatic heterocycles. The summed E-state index contributed by atoms with van der Waals surface area (Å²) in [6.07, 6.45) is -3.82. The fourth-order valence-corrected chi connectivity index (χ4v) is 3.06. The van der Waals surface area contributed by atoms with Gasteiger partial charge in [-0.3, -0.25) is 4.99 Å². The summed E-state index contributed by atoms with van der Waals surface area (Å²) in [6, 6.07) is 5.02. The van der Waals surface area contributed by atoms with Crippen molar-refractivity contribution in [2.45, 2.75) is 45.0 Å². The number of hydrogen-bond donors (Lipinski definition) is 2. The molecule has 0 spiro atoms. The van der Waals surface area contributed by atoms with Gasteiger partial charge in [0.1, 0.15) is 0 Å². The Kier molecular flexibility index (Phi) is 8.13. The largest absolute Gasteiger partial charge is 0.416 e. The van der Waals surface area contributed by atoms with Crippen LogP contribution < -0.4 is 10.6 Å². The van der Waals surface area contributed by atoms with Crippen LogP contribution in [-0.2, 0) is 22.4 Å². The van der Waals surface area contributed by atoms with Gasteiger partial charge in [-0.15, -0.1) is 0 Å². The number of rotatable bonds is 7. The van der Waals surface area contributed by atoms with Crippen molar-refractivity contribution in [1.82, 2.24) is 10.6 Å². The number of aliphatic imine (C=N–C) groups is 1. The molecule has 0 saturated heterocycles. The molecular weight excluding hydrogens is 379 g/mol. The molecule has 0 radical (unpaired) electrons. The molecule has 154 valence electrons. The van der Waals surface area contributed by atoms with Crippen molar-refractivity contribution in [3.63, 3.8) is 0 Å². The lowest BCUT2D eigenvalue weighted by atomic mass is 10.1. The molecule has 0 amide bonds. The minimum atomic E-state index is -4.34. The Balaban J connectivity index is 2.58. The van der Waals surface area contributed by atoms with Crippen molar-refractivity contribution < 1.29 is 21.6 Å². The Morgan fingerprint density at radius 3 is 2.15 bits per heavy atom. The summed E-state index contributed by atoms with van der Waals surface area (Å²) in [5.74, 6) is 0.430. The van der Waals surface area contributed by atoms with Crippen LogP contribution in [0.1, 0.15) is 38.8 Å². The predicted molar refractivity (Wildman–Crippen MR) is 103 cm³/mol. The van der Waals surface area contributed by atoms with Crippen LogP contribution in [0.4, 0.5) is 13.2 Å². The summed E-state index contributed by atoms with van der Waals surface area (Å²) < 4.78 is 61.1. The third-order valence-electron chi connectivity index (χ3n) is 3.89.